The van der Waals surface area contributed by atoms with E-state index in [0.29, 0.717) is 11.9 Å². The Hall–Kier alpha value is -2.10. The van der Waals surface area contributed by atoms with E-state index in [-0.39, 0.29) is 0 Å². The molecule has 0 radical (unpaired) electrons. The Balaban J connectivity index is 1.78. The van der Waals surface area contributed by atoms with Crippen LogP contribution in [0.25, 0.3) is 0 Å². The first-order valence-corrected chi connectivity index (χ1v) is 7.59. The molecule has 1 aromatic carbocycles. The zero-order chi connectivity index (χ0) is 14.9. The molecule has 0 fully saturated rings. The van der Waals surface area contributed by atoms with Gasteiger partial charge < -0.3 is 10.6 Å². The van der Waals surface area contributed by atoms with Crippen molar-refractivity contribution in [2.45, 2.75) is 26.7 Å². The van der Waals surface area contributed by atoms with Crippen molar-refractivity contribution in [3.05, 3.63) is 48.2 Å². The topological polar surface area (TPSA) is 49.8 Å². The highest BCUT2D eigenvalue weighted by molar-refractivity contribution is 5.39. The molecule has 2 rings (SSSR count). The van der Waals surface area contributed by atoms with Crippen LogP contribution in [0, 0.1) is 5.92 Å². The van der Waals surface area contributed by atoms with Crippen molar-refractivity contribution in [3.8, 4) is 0 Å². The van der Waals surface area contributed by atoms with Crippen LogP contribution in [0.4, 0.5) is 11.8 Å². The average Bonchev–Trinajstić information content (AvgIpc) is 2.48. The van der Waals surface area contributed by atoms with Crippen molar-refractivity contribution >= 4 is 11.8 Å². The number of rotatable bonds is 8. The standard InChI is InChI=1S/C17H24N4/c1-14(2)8-11-18-16-10-13-20-17(21-16)19-12-9-15-6-4-3-5-7-15/h3-7,10,13-14H,8-9,11-12H2,1-2H3,(H2,18,19,20,21). The van der Waals surface area contributed by atoms with Crippen molar-refractivity contribution < 1.29 is 0 Å². The molecule has 21 heavy (non-hydrogen) atoms. The van der Waals surface area contributed by atoms with Crippen LogP contribution in [-0.4, -0.2) is 23.1 Å². The fraction of sp³-hybridized carbons (Fsp3) is 0.412. The molecule has 1 aromatic heterocycles. The van der Waals surface area contributed by atoms with E-state index in [4.69, 9.17) is 0 Å². The molecule has 4 heteroatoms. The zero-order valence-electron chi connectivity index (χ0n) is 12.8. The summed E-state index contributed by atoms with van der Waals surface area (Å²) in [5.74, 6) is 2.26. The van der Waals surface area contributed by atoms with Crippen molar-refractivity contribution in [3.63, 3.8) is 0 Å². The molecule has 0 aliphatic carbocycles. The summed E-state index contributed by atoms with van der Waals surface area (Å²) in [5, 5.41) is 6.60. The predicted molar refractivity (Wildman–Crippen MR) is 88.6 cm³/mol. The van der Waals surface area contributed by atoms with Crippen LogP contribution in [-0.2, 0) is 6.42 Å². The molecule has 0 spiro atoms. The highest BCUT2D eigenvalue weighted by Gasteiger charge is 2.00. The quantitative estimate of drug-likeness (QED) is 0.778. The number of nitrogens with one attached hydrogen (secondary N) is 2. The van der Waals surface area contributed by atoms with Gasteiger partial charge >= 0.3 is 0 Å². The van der Waals surface area contributed by atoms with Gasteiger partial charge in [-0.2, -0.15) is 4.98 Å². The Bertz CT molecular complexity index is 525. The summed E-state index contributed by atoms with van der Waals surface area (Å²) in [5.41, 5.74) is 1.32. The predicted octanol–water partition coefficient (Wildman–Crippen LogP) is 3.59. The summed E-state index contributed by atoms with van der Waals surface area (Å²) in [6, 6.07) is 12.3. The first-order valence-electron chi connectivity index (χ1n) is 7.59. The summed E-state index contributed by atoms with van der Waals surface area (Å²) in [6.45, 7) is 6.22. The molecule has 2 aromatic rings. The molecule has 0 saturated carbocycles. The van der Waals surface area contributed by atoms with Crippen molar-refractivity contribution in [1.29, 1.82) is 0 Å². The van der Waals surface area contributed by atoms with Crippen LogP contribution < -0.4 is 10.6 Å². The third-order valence-corrected chi connectivity index (χ3v) is 3.22. The van der Waals surface area contributed by atoms with Crippen LogP contribution in [0.5, 0.6) is 0 Å². The lowest BCUT2D eigenvalue weighted by Gasteiger charge is -2.09. The van der Waals surface area contributed by atoms with E-state index in [9.17, 15) is 0 Å². The van der Waals surface area contributed by atoms with Crippen molar-refractivity contribution in [2.24, 2.45) is 5.92 Å². The van der Waals surface area contributed by atoms with Gasteiger partial charge in [0, 0.05) is 19.3 Å². The molecule has 0 amide bonds. The largest absolute Gasteiger partial charge is 0.370 e. The van der Waals surface area contributed by atoms with Gasteiger partial charge in [0.15, 0.2) is 0 Å². The Morgan fingerprint density at radius 1 is 1.00 bits per heavy atom. The summed E-state index contributed by atoms with van der Waals surface area (Å²) in [4.78, 5) is 8.72. The van der Waals surface area contributed by atoms with Crippen LogP contribution in [0.15, 0.2) is 42.6 Å². The van der Waals surface area contributed by atoms with Crippen LogP contribution >= 0.6 is 0 Å². The number of hydrogen-bond acceptors (Lipinski definition) is 4. The normalized spacial score (nSPS) is 10.6. The molecule has 0 aliphatic heterocycles. The molecular formula is C17H24N4. The van der Waals surface area contributed by atoms with Crippen LogP contribution in [0.1, 0.15) is 25.8 Å². The monoisotopic (exact) mass is 284 g/mol. The molecule has 4 nitrogen and oxygen atoms in total. The van der Waals surface area contributed by atoms with Crippen molar-refractivity contribution in [2.75, 3.05) is 23.7 Å². The number of nitrogens with zero attached hydrogens (tertiary/aromatic N) is 2. The second-order valence-electron chi connectivity index (χ2n) is 5.54. The van der Waals surface area contributed by atoms with E-state index in [1.54, 1.807) is 6.20 Å². The molecule has 0 saturated heterocycles. The highest BCUT2D eigenvalue weighted by atomic mass is 15.1. The number of hydrogen-bond donors (Lipinski definition) is 2. The lowest BCUT2D eigenvalue weighted by Crippen LogP contribution is -2.10. The zero-order valence-corrected chi connectivity index (χ0v) is 12.8. The maximum atomic E-state index is 4.47. The van der Waals surface area contributed by atoms with Gasteiger partial charge in [-0.25, -0.2) is 4.98 Å². The summed E-state index contributed by atoms with van der Waals surface area (Å²) in [7, 11) is 0. The lowest BCUT2D eigenvalue weighted by molar-refractivity contribution is 0.606. The highest BCUT2D eigenvalue weighted by Crippen LogP contribution is 2.07. The molecule has 112 valence electrons. The minimum absolute atomic E-state index is 0.681. The lowest BCUT2D eigenvalue weighted by atomic mass is 10.1. The van der Waals surface area contributed by atoms with Gasteiger partial charge in [0.2, 0.25) is 5.95 Å². The van der Waals surface area contributed by atoms with E-state index in [1.807, 2.05) is 12.1 Å². The third kappa shape index (κ3) is 5.81. The third-order valence-electron chi connectivity index (χ3n) is 3.22. The molecule has 0 unspecified atom stereocenters. The average molecular weight is 284 g/mol. The Labute approximate surface area is 127 Å². The van der Waals surface area contributed by atoms with Gasteiger partial charge in [-0.1, -0.05) is 44.2 Å². The van der Waals surface area contributed by atoms with Gasteiger partial charge in [0.25, 0.3) is 0 Å². The minimum Gasteiger partial charge on any atom is -0.370 e. The molecule has 1 heterocycles. The number of anilines is 2. The van der Waals surface area contributed by atoms with E-state index in [1.165, 1.54) is 5.56 Å². The van der Waals surface area contributed by atoms with Gasteiger partial charge in [-0.15, -0.1) is 0 Å². The smallest absolute Gasteiger partial charge is 0.224 e. The van der Waals surface area contributed by atoms with Gasteiger partial charge in [-0.3, -0.25) is 0 Å². The SMILES string of the molecule is CC(C)CCNc1ccnc(NCCc2ccccc2)n1. The van der Waals surface area contributed by atoms with Gasteiger partial charge in [0.1, 0.15) is 5.82 Å². The first kappa shape index (κ1) is 15.3. The van der Waals surface area contributed by atoms with E-state index < -0.39 is 0 Å². The van der Waals surface area contributed by atoms with Crippen molar-refractivity contribution in [1.82, 2.24) is 9.97 Å². The Morgan fingerprint density at radius 3 is 2.57 bits per heavy atom. The minimum atomic E-state index is 0.681. The van der Waals surface area contributed by atoms with Crippen LogP contribution in [0.3, 0.4) is 0 Å². The molecular weight excluding hydrogens is 260 g/mol. The summed E-state index contributed by atoms with van der Waals surface area (Å²) >= 11 is 0. The summed E-state index contributed by atoms with van der Waals surface area (Å²) < 4.78 is 0. The fourth-order valence-corrected chi connectivity index (χ4v) is 1.99. The molecule has 0 aliphatic rings. The maximum Gasteiger partial charge on any atom is 0.224 e. The van der Waals surface area contributed by atoms with Gasteiger partial charge in [-0.05, 0) is 30.4 Å². The van der Waals surface area contributed by atoms with E-state index >= 15 is 0 Å². The van der Waals surface area contributed by atoms with Crippen LogP contribution in [0.2, 0.25) is 0 Å². The van der Waals surface area contributed by atoms with Gasteiger partial charge in [0.05, 0.1) is 0 Å². The first-order chi connectivity index (χ1) is 10.2. The fourth-order valence-electron chi connectivity index (χ4n) is 1.99. The Morgan fingerprint density at radius 2 is 1.81 bits per heavy atom. The molecule has 0 atom stereocenters. The number of aromatic nitrogens is 2. The van der Waals surface area contributed by atoms with E-state index in [2.05, 4.69) is 58.7 Å². The Kier molecular flexibility index (Phi) is 6.00. The second kappa shape index (κ2) is 8.25. The number of benzene rings is 1. The summed E-state index contributed by atoms with van der Waals surface area (Å²) in [6.07, 6.45) is 3.89. The maximum absolute atomic E-state index is 4.47. The second-order valence-corrected chi connectivity index (χ2v) is 5.54. The molecule has 0 bridgehead atoms. The molecule has 2 N–H and O–H groups in total. The van der Waals surface area contributed by atoms with E-state index in [0.717, 1.165) is 31.7 Å².